The van der Waals surface area contributed by atoms with E-state index in [4.69, 9.17) is 18.9 Å². The smallest absolute Gasteiger partial charge is 0.174 e. The van der Waals surface area contributed by atoms with Crippen molar-refractivity contribution in [2.24, 2.45) is 11.8 Å². The number of phenolic OH excluding ortho intramolecular Hbond substituents is 4. The van der Waals surface area contributed by atoms with Crippen LogP contribution < -0.4 is 18.9 Å². The van der Waals surface area contributed by atoms with Gasteiger partial charge < -0.3 is 39.4 Å². The number of hydrogen-bond donors (Lipinski definition) is 4. The zero-order valence-corrected chi connectivity index (χ0v) is 24.5. The maximum atomic E-state index is 14.5. The number of hydrogen-bond acceptors (Lipinski definition) is 10. The van der Waals surface area contributed by atoms with Gasteiger partial charge in [0.15, 0.2) is 11.6 Å². The molecule has 0 radical (unpaired) electrons. The van der Waals surface area contributed by atoms with Crippen LogP contribution in [-0.2, 0) is 0 Å². The Kier molecular flexibility index (Phi) is 8.26. The Balaban J connectivity index is 1.74. The molecule has 0 unspecified atom stereocenters. The third-order valence-electron chi connectivity index (χ3n) is 8.22. The fourth-order valence-electron chi connectivity index (χ4n) is 6.21. The van der Waals surface area contributed by atoms with E-state index in [0.29, 0.717) is 11.5 Å². The molecule has 0 amide bonds. The summed E-state index contributed by atoms with van der Waals surface area (Å²) in [5, 5.41) is 41.8. The molecule has 0 aromatic heterocycles. The monoisotopic (exact) mass is 600 g/mol. The Morgan fingerprint density at radius 2 is 0.864 bits per heavy atom. The average Bonchev–Trinajstić information content (AvgIpc) is 3.00. The van der Waals surface area contributed by atoms with Crippen LogP contribution in [0.25, 0.3) is 0 Å². The molecule has 0 spiro atoms. The molecule has 1 saturated carbocycles. The van der Waals surface area contributed by atoms with E-state index in [-0.39, 0.29) is 34.1 Å². The number of benzene rings is 4. The fourth-order valence-corrected chi connectivity index (χ4v) is 6.21. The van der Waals surface area contributed by atoms with E-state index in [1.807, 2.05) is 24.3 Å². The Morgan fingerprint density at radius 3 is 1.16 bits per heavy atom. The molecule has 4 aromatic rings. The van der Waals surface area contributed by atoms with Crippen LogP contribution in [0.2, 0.25) is 0 Å². The van der Waals surface area contributed by atoms with Crippen molar-refractivity contribution in [3.8, 4) is 46.0 Å². The first-order valence-corrected chi connectivity index (χ1v) is 13.7. The number of carbonyl (C=O) groups is 2. The summed E-state index contributed by atoms with van der Waals surface area (Å²) in [5.74, 6) is -5.06. The highest BCUT2D eigenvalue weighted by atomic mass is 16.5. The SMILES string of the molecule is COc1ccc([C@@H]2[C@@H](C(=O)c3c(O)cc(O)cc3OC)[C@H](C(=O)c3c(O)cc(O)cc3OC)[C@H]2c2ccc(OC)cc2)cc1. The van der Waals surface area contributed by atoms with E-state index in [9.17, 15) is 30.0 Å². The summed E-state index contributed by atoms with van der Waals surface area (Å²) < 4.78 is 21.4. The van der Waals surface area contributed by atoms with Gasteiger partial charge >= 0.3 is 0 Å². The lowest BCUT2D eigenvalue weighted by atomic mass is 9.49. The molecule has 1 aliphatic rings. The second-order valence-corrected chi connectivity index (χ2v) is 10.5. The number of aromatic hydroxyl groups is 4. The molecular formula is C34H32O10. The van der Waals surface area contributed by atoms with E-state index in [0.717, 1.165) is 23.3 Å². The van der Waals surface area contributed by atoms with Gasteiger partial charge in [-0.1, -0.05) is 24.3 Å². The maximum absolute atomic E-state index is 14.5. The molecule has 10 heteroatoms. The van der Waals surface area contributed by atoms with Crippen molar-refractivity contribution >= 4 is 11.6 Å². The second-order valence-electron chi connectivity index (χ2n) is 10.5. The first-order valence-electron chi connectivity index (χ1n) is 13.7. The highest BCUT2D eigenvalue weighted by Crippen LogP contribution is 2.61. The first kappa shape index (κ1) is 30.1. The van der Waals surface area contributed by atoms with Crippen LogP contribution in [0.4, 0.5) is 0 Å². The number of Topliss-reactive ketones (excluding diaryl/α,β-unsaturated/α-hetero) is 2. The fraction of sp³-hybridized carbons (Fsp3) is 0.235. The van der Waals surface area contributed by atoms with Crippen molar-refractivity contribution in [3.05, 3.63) is 95.1 Å². The quantitative estimate of drug-likeness (QED) is 0.174. The molecule has 4 N–H and O–H groups in total. The van der Waals surface area contributed by atoms with Crippen LogP contribution in [0.3, 0.4) is 0 Å². The molecule has 1 aliphatic carbocycles. The van der Waals surface area contributed by atoms with Crippen molar-refractivity contribution in [1.82, 2.24) is 0 Å². The Morgan fingerprint density at radius 1 is 0.523 bits per heavy atom. The van der Waals surface area contributed by atoms with Crippen molar-refractivity contribution in [2.75, 3.05) is 28.4 Å². The number of phenols is 4. The molecule has 1 fully saturated rings. The van der Waals surface area contributed by atoms with Crippen LogP contribution in [0.15, 0.2) is 72.8 Å². The summed E-state index contributed by atoms with van der Waals surface area (Å²) in [6.07, 6.45) is 0. The normalized spacial score (nSPS) is 19.0. The highest BCUT2D eigenvalue weighted by molar-refractivity contribution is 6.11. The minimum absolute atomic E-state index is 0.0647. The topological polar surface area (TPSA) is 152 Å². The van der Waals surface area contributed by atoms with E-state index < -0.39 is 46.7 Å². The predicted molar refractivity (Wildman–Crippen MR) is 160 cm³/mol. The average molecular weight is 601 g/mol. The number of methoxy groups -OCH3 is 4. The second kappa shape index (κ2) is 12.1. The lowest BCUT2D eigenvalue weighted by Gasteiger charge is -2.51. The molecule has 0 saturated heterocycles. The third kappa shape index (κ3) is 5.19. The summed E-state index contributed by atoms with van der Waals surface area (Å²) in [6, 6.07) is 18.8. The van der Waals surface area contributed by atoms with Crippen LogP contribution in [0, 0.1) is 11.8 Å². The van der Waals surface area contributed by atoms with Gasteiger partial charge in [0, 0.05) is 47.9 Å². The molecular weight excluding hydrogens is 568 g/mol. The molecule has 10 nitrogen and oxygen atoms in total. The van der Waals surface area contributed by atoms with Gasteiger partial charge in [0.2, 0.25) is 0 Å². The third-order valence-corrected chi connectivity index (χ3v) is 8.22. The first-order chi connectivity index (χ1) is 21.1. The molecule has 44 heavy (non-hydrogen) atoms. The lowest BCUT2D eigenvalue weighted by Crippen LogP contribution is -2.51. The van der Waals surface area contributed by atoms with E-state index >= 15 is 0 Å². The summed E-state index contributed by atoms with van der Waals surface area (Å²) in [5.41, 5.74) is 1.07. The lowest BCUT2D eigenvalue weighted by molar-refractivity contribution is 0.0448. The van der Waals surface area contributed by atoms with Crippen molar-refractivity contribution < 1.29 is 49.0 Å². The van der Waals surface area contributed by atoms with Crippen molar-refractivity contribution in [1.29, 1.82) is 0 Å². The summed E-state index contributed by atoms with van der Waals surface area (Å²) in [6.45, 7) is 0. The number of carbonyl (C=O) groups excluding carboxylic acids is 2. The molecule has 0 heterocycles. The standard InChI is InChI=1S/C34H32O10/c1-41-21-9-5-17(6-10-21)27-28(18-7-11-22(42-2)12-8-18)32(34(40)30-24(38)14-20(36)16-26(30)44-4)31(27)33(39)29-23(37)13-19(35)15-25(29)43-3/h5-16,27-28,31-32,35-38H,1-4H3/t27-,28-,31+,32+/m0/s1. The molecule has 0 aliphatic heterocycles. The van der Waals surface area contributed by atoms with Gasteiger partial charge in [-0.3, -0.25) is 9.59 Å². The Bertz CT molecular complexity index is 1570. The van der Waals surface area contributed by atoms with Gasteiger partial charge in [-0.2, -0.15) is 0 Å². The van der Waals surface area contributed by atoms with Gasteiger partial charge in [0.25, 0.3) is 0 Å². The van der Waals surface area contributed by atoms with Gasteiger partial charge in [-0.25, -0.2) is 0 Å². The van der Waals surface area contributed by atoms with Crippen LogP contribution in [-0.4, -0.2) is 60.4 Å². The Hall–Kier alpha value is -5.38. The summed E-state index contributed by atoms with van der Waals surface area (Å²) >= 11 is 0. The molecule has 228 valence electrons. The number of ketones is 2. The number of ether oxygens (including phenoxy) is 4. The van der Waals surface area contributed by atoms with E-state index in [1.165, 1.54) is 40.6 Å². The molecule has 4 aromatic carbocycles. The van der Waals surface area contributed by atoms with Gasteiger partial charge in [-0.15, -0.1) is 0 Å². The van der Waals surface area contributed by atoms with Crippen LogP contribution in [0.1, 0.15) is 43.7 Å². The number of rotatable bonds is 10. The summed E-state index contributed by atoms with van der Waals surface area (Å²) in [7, 11) is 5.68. The van der Waals surface area contributed by atoms with Crippen LogP contribution >= 0.6 is 0 Å². The van der Waals surface area contributed by atoms with Gasteiger partial charge in [0.05, 0.1) is 28.4 Å². The zero-order chi connectivity index (χ0) is 31.7. The summed E-state index contributed by atoms with van der Waals surface area (Å²) in [4.78, 5) is 29.0. The van der Waals surface area contributed by atoms with E-state index in [2.05, 4.69) is 0 Å². The Labute approximate surface area is 253 Å². The predicted octanol–water partition coefficient (Wildman–Crippen LogP) is 5.42. The van der Waals surface area contributed by atoms with Gasteiger partial charge in [-0.05, 0) is 35.4 Å². The largest absolute Gasteiger partial charge is 0.508 e. The van der Waals surface area contributed by atoms with Crippen molar-refractivity contribution in [3.63, 3.8) is 0 Å². The molecule has 4 atom stereocenters. The highest BCUT2D eigenvalue weighted by Gasteiger charge is 2.59. The maximum Gasteiger partial charge on any atom is 0.174 e. The van der Waals surface area contributed by atoms with Gasteiger partial charge in [0.1, 0.15) is 57.1 Å². The molecule has 5 rings (SSSR count). The van der Waals surface area contributed by atoms with Crippen molar-refractivity contribution in [2.45, 2.75) is 11.8 Å². The minimum atomic E-state index is -1.06. The van der Waals surface area contributed by atoms with E-state index in [1.54, 1.807) is 24.3 Å². The van der Waals surface area contributed by atoms with Crippen LogP contribution in [0.5, 0.6) is 46.0 Å². The minimum Gasteiger partial charge on any atom is -0.508 e. The molecule has 0 bridgehead atoms. The zero-order valence-electron chi connectivity index (χ0n) is 24.5.